The Hall–Kier alpha value is -2.85. The molecule has 164 valence electrons. The summed E-state index contributed by atoms with van der Waals surface area (Å²) in [7, 11) is 1.39. The Bertz CT molecular complexity index is 1080. The van der Waals surface area contributed by atoms with Gasteiger partial charge in [0, 0.05) is 31.1 Å². The fourth-order valence-corrected chi connectivity index (χ4v) is 4.42. The molecule has 3 heterocycles. The van der Waals surface area contributed by atoms with Crippen LogP contribution in [-0.4, -0.2) is 47.3 Å². The summed E-state index contributed by atoms with van der Waals surface area (Å²) in [5, 5.41) is 9.09. The Balaban J connectivity index is 1.41. The molecular weight excluding hydrogens is 429 g/mol. The van der Waals surface area contributed by atoms with Crippen LogP contribution in [0.5, 0.6) is 5.75 Å². The van der Waals surface area contributed by atoms with Crippen LogP contribution < -0.4 is 10.1 Å². The molecular formula is C21H21F3N4O2S. The Labute approximate surface area is 181 Å². The maximum absolute atomic E-state index is 13.0. The van der Waals surface area contributed by atoms with Crippen LogP contribution in [-0.2, 0) is 19.1 Å². The van der Waals surface area contributed by atoms with Gasteiger partial charge in [-0.15, -0.1) is 11.3 Å². The molecule has 0 atom stereocenters. The first-order valence-corrected chi connectivity index (χ1v) is 10.6. The average Bonchev–Trinajstić information content (AvgIpc) is 3.39. The van der Waals surface area contributed by atoms with Crippen molar-refractivity contribution >= 4 is 17.2 Å². The second-order valence-electron chi connectivity index (χ2n) is 7.19. The lowest BCUT2D eigenvalue weighted by atomic mass is 10.1. The maximum atomic E-state index is 13.0. The van der Waals surface area contributed by atoms with Gasteiger partial charge in [0.2, 0.25) is 0 Å². The topological polar surface area (TPSA) is 59.4 Å². The number of amides is 1. The van der Waals surface area contributed by atoms with Gasteiger partial charge in [-0.1, -0.05) is 6.07 Å². The number of carbonyl (C=O) groups excluding carboxylic acids is 1. The van der Waals surface area contributed by atoms with E-state index < -0.39 is 17.6 Å². The first-order valence-electron chi connectivity index (χ1n) is 9.72. The lowest BCUT2D eigenvalue weighted by Crippen LogP contribution is -2.37. The molecule has 4 rings (SSSR count). The number of thiophene rings is 1. The zero-order chi connectivity index (χ0) is 22.0. The maximum Gasteiger partial charge on any atom is 0.416 e. The fraction of sp³-hybridized carbons (Fsp3) is 0.333. The van der Waals surface area contributed by atoms with Gasteiger partial charge < -0.3 is 10.1 Å². The smallest absolute Gasteiger partial charge is 0.416 e. The van der Waals surface area contributed by atoms with Crippen LogP contribution in [0.15, 0.2) is 41.9 Å². The monoisotopic (exact) mass is 450 g/mol. The van der Waals surface area contributed by atoms with E-state index >= 15 is 0 Å². The summed E-state index contributed by atoms with van der Waals surface area (Å²) >= 11 is 1.78. The van der Waals surface area contributed by atoms with Gasteiger partial charge in [-0.3, -0.25) is 9.69 Å². The Morgan fingerprint density at radius 3 is 2.94 bits per heavy atom. The van der Waals surface area contributed by atoms with Crippen molar-refractivity contribution in [2.24, 2.45) is 0 Å². The molecule has 31 heavy (non-hydrogen) atoms. The van der Waals surface area contributed by atoms with E-state index in [0.29, 0.717) is 13.1 Å². The van der Waals surface area contributed by atoms with E-state index in [2.05, 4.69) is 26.8 Å². The van der Waals surface area contributed by atoms with Crippen LogP contribution in [0, 0.1) is 0 Å². The largest absolute Gasteiger partial charge is 0.493 e. The zero-order valence-corrected chi connectivity index (χ0v) is 17.6. The number of hydrogen-bond acceptors (Lipinski definition) is 5. The molecule has 0 saturated carbocycles. The first-order chi connectivity index (χ1) is 14.8. The van der Waals surface area contributed by atoms with Crippen LogP contribution in [0.4, 0.5) is 13.2 Å². The number of halogens is 3. The first kappa shape index (κ1) is 21.4. The van der Waals surface area contributed by atoms with Crippen molar-refractivity contribution in [3.05, 3.63) is 63.6 Å². The molecule has 0 saturated heterocycles. The van der Waals surface area contributed by atoms with Gasteiger partial charge in [0.25, 0.3) is 5.91 Å². The Morgan fingerprint density at radius 1 is 1.32 bits per heavy atom. The van der Waals surface area contributed by atoms with Crippen molar-refractivity contribution in [1.82, 2.24) is 20.0 Å². The van der Waals surface area contributed by atoms with E-state index in [9.17, 15) is 18.0 Å². The molecule has 0 spiro atoms. The van der Waals surface area contributed by atoms with Crippen molar-refractivity contribution < 1.29 is 22.7 Å². The number of nitrogens with zero attached hydrogens (tertiary/aromatic N) is 3. The third-order valence-electron chi connectivity index (χ3n) is 5.15. The molecule has 6 nitrogen and oxygen atoms in total. The van der Waals surface area contributed by atoms with E-state index in [4.69, 9.17) is 4.74 Å². The van der Waals surface area contributed by atoms with Crippen molar-refractivity contribution in [2.45, 2.75) is 19.1 Å². The number of hydrogen-bond donors (Lipinski definition) is 1. The molecule has 1 N–H and O–H groups in total. The van der Waals surface area contributed by atoms with Gasteiger partial charge in [-0.25, -0.2) is 4.68 Å². The molecule has 3 aromatic rings. The normalized spacial score (nSPS) is 14.3. The number of alkyl halides is 3. The summed E-state index contributed by atoms with van der Waals surface area (Å²) < 4.78 is 45.4. The summed E-state index contributed by atoms with van der Waals surface area (Å²) in [5.41, 5.74) is 0.760. The van der Waals surface area contributed by atoms with Gasteiger partial charge in [-0.05, 0) is 41.6 Å². The number of benzene rings is 1. The van der Waals surface area contributed by atoms with Gasteiger partial charge in [0.05, 0.1) is 24.6 Å². The number of methoxy groups -OCH3 is 1. The summed E-state index contributed by atoms with van der Waals surface area (Å²) in [5.74, 6) is -0.244. The summed E-state index contributed by atoms with van der Waals surface area (Å²) in [6, 6.07) is 6.87. The summed E-state index contributed by atoms with van der Waals surface area (Å²) in [4.78, 5) is 16.3. The molecule has 0 unspecified atom stereocenters. The quantitative estimate of drug-likeness (QED) is 0.622. The van der Waals surface area contributed by atoms with E-state index in [1.165, 1.54) is 40.6 Å². The number of carbonyl (C=O) groups is 1. The minimum absolute atomic E-state index is 0.0266. The second kappa shape index (κ2) is 8.72. The van der Waals surface area contributed by atoms with Crippen molar-refractivity contribution in [2.75, 3.05) is 26.7 Å². The average molecular weight is 450 g/mol. The van der Waals surface area contributed by atoms with Crippen molar-refractivity contribution in [3.63, 3.8) is 0 Å². The predicted octanol–water partition coefficient (Wildman–Crippen LogP) is 3.75. The minimum atomic E-state index is -4.47. The van der Waals surface area contributed by atoms with E-state index in [1.807, 2.05) is 0 Å². The lowest BCUT2D eigenvalue weighted by Gasteiger charge is -2.26. The number of aromatic nitrogens is 2. The highest BCUT2D eigenvalue weighted by atomic mass is 32.1. The number of ether oxygens (including phenoxy) is 1. The molecule has 1 aromatic carbocycles. The van der Waals surface area contributed by atoms with Crippen LogP contribution in [0.2, 0.25) is 0 Å². The molecule has 0 fully saturated rings. The number of rotatable bonds is 6. The Morgan fingerprint density at radius 2 is 2.16 bits per heavy atom. The lowest BCUT2D eigenvalue weighted by molar-refractivity contribution is -0.137. The molecule has 1 amide bonds. The number of nitrogens with one attached hydrogen (secondary N) is 1. The summed E-state index contributed by atoms with van der Waals surface area (Å²) in [6.07, 6.45) is -2.06. The van der Waals surface area contributed by atoms with Gasteiger partial charge in [0.15, 0.2) is 11.4 Å². The van der Waals surface area contributed by atoms with Gasteiger partial charge >= 0.3 is 6.18 Å². The predicted molar refractivity (Wildman–Crippen MR) is 111 cm³/mol. The highest BCUT2D eigenvalue weighted by Crippen LogP contribution is 2.31. The van der Waals surface area contributed by atoms with E-state index in [1.54, 1.807) is 11.3 Å². The molecule has 0 radical (unpaired) electrons. The van der Waals surface area contributed by atoms with E-state index in [0.717, 1.165) is 31.6 Å². The van der Waals surface area contributed by atoms with Crippen molar-refractivity contribution in [1.29, 1.82) is 0 Å². The highest BCUT2D eigenvalue weighted by Gasteiger charge is 2.31. The minimum Gasteiger partial charge on any atom is -0.493 e. The molecule has 1 aliphatic rings. The zero-order valence-electron chi connectivity index (χ0n) is 16.8. The highest BCUT2D eigenvalue weighted by molar-refractivity contribution is 7.10. The van der Waals surface area contributed by atoms with Crippen LogP contribution in [0.3, 0.4) is 0 Å². The van der Waals surface area contributed by atoms with Gasteiger partial charge in [0.1, 0.15) is 0 Å². The molecule has 10 heteroatoms. The van der Waals surface area contributed by atoms with Crippen molar-refractivity contribution in [3.8, 4) is 11.4 Å². The van der Waals surface area contributed by atoms with Crippen LogP contribution in [0.1, 0.15) is 26.5 Å². The van der Waals surface area contributed by atoms with Crippen LogP contribution in [0.25, 0.3) is 5.69 Å². The van der Waals surface area contributed by atoms with E-state index in [-0.39, 0.29) is 17.1 Å². The number of fused-ring (bicyclic) bond motifs is 1. The summed E-state index contributed by atoms with van der Waals surface area (Å²) in [6.45, 7) is 2.93. The molecule has 1 aliphatic heterocycles. The molecule has 2 aromatic heterocycles. The Kier molecular flexibility index (Phi) is 6.01. The van der Waals surface area contributed by atoms with Crippen LogP contribution >= 0.6 is 11.3 Å². The third kappa shape index (κ3) is 4.75. The SMILES string of the molecule is COc1cn(-c2cccc(C(F)(F)F)c2)nc1C(=O)NCCN1CCc2sccc2C1. The van der Waals surface area contributed by atoms with Gasteiger partial charge in [-0.2, -0.15) is 18.3 Å². The molecule has 0 bridgehead atoms. The fourth-order valence-electron chi connectivity index (χ4n) is 3.53. The standard InChI is InChI=1S/C21H21F3N4O2S/c1-30-17-13-28(16-4-2-3-15(11-16)21(22,23)24)26-19(17)20(29)25-7-9-27-8-5-18-14(12-27)6-10-31-18/h2-4,6,10-11,13H,5,7-9,12H2,1H3,(H,25,29). The second-order valence-corrected chi connectivity index (χ2v) is 8.19. The molecule has 0 aliphatic carbocycles. The third-order valence-corrected chi connectivity index (χ3v) is 6.18.